The number of nitrogens with zero attached hydrogens (tertiary/aromatic N) is 4. The van der Waals surface area contributed by atoms with E-state index in [-0.39, 0.29) is 11.9 Å². The molecule has 6 aromatic rings. The molecule has 0 aliphatic rings. The predicted molar refractivity (Wildman–Crippen MR) is 188 cm³/mol. The molecule has 0 aliphatic heterocycles. The largest absolute Gasteiger partial charge is 0.350 e. The first kappa shape index (κ1) is 30.9. The standard InChI is InChI=1S/C37H32Cl2N6O/c1-4-44(25(3)28-12-14-29(38)15-13-28)36(24(2)27-10-6-5-7-11-27)34-31-17-16-30(39)21-32(31)42-35(34)37(46)43-33-18-20-41-45(33)23-26-9-8-19-40-22-26/h4-22,25,42H,1,23H2,2-3H3,(H,43,46)/b36-24+. The number of carbonyl (C=O) groups is 1. The van der Waals surface area contributed by atoms with Crippen LogP contribution in [0.4, 0.5) is 5.82 Å². The van der Waals surface area contributed by atoms with Crippen LogP contribution in [-0.2, 0) is 6.54 Å². The van der Waals surface area contributed by atoms with Crippen LogP contribution in [0.2, 0.25) is 10.0 Å². The third kappa shape index (κ3) is 6.33. The molecule has 3 aromatic heterocycles. The lowest BCUT2D eigenvalue weighted by Gasteiger charge is -2.32. The van der Waals surface area contributed by atoms with Gasteiger partial charge in [-0.2, -0.15) is 5.10 Å². The normalized spacial score (nSPS) is 12.4. The first-order valence-corrected chi connectivity index (χ1v) is 15.6. The minimum Gasteiger partial charge on any atom is -0.350 e. The van der Waals surface area contributed by atoms with Crippen LogP contribution in [0.1, 0.15) is 52.6 Å². The Morgan fingerprint density at radius 3 is 2.48 bits per heavy atom. The van der Waals surface area contributed by atoms with Crippen molar-refractivity contribution in [3.05, 3.63) is 160 Å². The Morgan fingerprint density at radius 2 is 1.76 bits per heavy atom. The molecule has 46 heavy (non-hydrogen) atoms. The summed E-state index contributed by atoms with van der Waals surface area (Å²) >= 11 is 12.7. The number of fused-ring (bicyclic) bond motifs is 1. The molecule has 0 fully saturated rings. The molecular weight excluding hydrogens is 615 g/mol. The van der Waals surface area contributed by atoms with Crippen molar-refractivity contribution in [3.63, 3.8) is 0 Å². The fraction of sp³-hybridized carbons (Fsp3) is 0.108. The minimum absolute atomic E-state index is 0.155. The molecule has 0 aliphatic carbocycles. The Labute approximate surface area is 277 Å². The number of H-pyrrole nitrogens is 1. The van der Waals surface area contributed by atoms with Gasteiger partial charge in [-0.1, -0.05) is 84.4 Å². The Hall–Kier alpha value is -5.11. The van der Waals surface area contributed by atoms with Gasteiger partial charge in [-0.3, -0.25) is 9.78 Å². The molecule has 0 spiro atoms. The highest BCUT2D eigenvalue weighted by Gasteiger charge is 2.29. The zero-order valence-corrected chi connectivity index (χ0v) is 26.9. The summed E-state index contributed by atoms with van der Waals surface area (Å²) in [5, 5.41) is 9.61. The topological polar surface area (TPSA) is 78.8 Å². The van der Waals surface area contributed by atoms with E-state index in [1.807, 2.05) is 72.8 Å². The second-order valence-electron chi connectivity index (χ2n) is 10.9. The summed E-state index contributed by atoms with van der Waals surface area (Å²) in [6.45, 7) is 8.85. The summed E-state index contributed by atoms with van der Waals surface area (Å²) in [6.07, 6.45) is 6.97. The first-order valence-electron chi connectivity index (χ1n) is 14.8. The summed E-state index contributed by atoms with van der Waals surface area (Å²) in [6, 6.07) is 29.0. The molecule has 3 heterocycles. The van der Waals surface area contributed by atoms with Gasteiger partial charge in [-0.15, -0.1) is 0 Å². The van der Waals surface area contributed by atoms with Crippen molar-refractivity contribution in [2.24, 2.45) is 0 Å². The van der Waals surface area contributed by atoms with Crippen molar-refractivity contribution in [1.82, 2.24) is 24.6 Å². The van der Waals surface area contributed by atoms with Gasteiger partial charge in [-0.05, 0) is 72.6 Å². The molecule has 1 atom stereocenters. The molecule has 2 N–H and O–H groups in total. The van der Waals surface area contributed by atoms with Crippen LogP contribution in [-0.4, -0.2) is 30.6 Å². The number of hydrogen-bond acceptors (Lipinski definition) is 4. The zero-order chi connectivity index (χ0) is 32.2. The van der Waals surface area contributed by atoms with Gasteiger partial charge in [0.05, 0.1) is 24.5 Å². The Balaban J connectivity index is 1.51. The molecule has 9 heteroatoms. The quantitative estimate of drug-likeness (QED) is 0.155. The smallest absolute Gasteiger partial charge is 0.273 e. The van der Waals surface area contributed by atoms with Gasteiger partial charge in [0.1, 0.15) is 11.5 Å². The van der Waals surface area contributed by atoms with E-state index in [0.29, 0.717) is 28.1 Å². The summed E-state index contributed by atoms with van der Waals surface area (Å²) in [4.78, 5) is 24.0. The van der Waals surface area contributed by atoms with E-state index >= 15 is 0 Å². The van der Waals surface area contributed by atoms with E-state index in [4.69, 9.17) is 23.2 Å². The molecule has 1 unspecified atom stereocenters. The average molecular weight is 648 g/mol. The van der Waals surface area contributed by atoms with E-state index in [1.54, 1.807) is 35.5 Å². The Morgan fingerprint density at radius 1 is 1.00 bits per heavy atom. The molecule has 6 rings (SSSR count). The van der Waals surface area contributed by atoms with Gasteiger partial charge in [0.25, 0.3) is 5.91 Å². The molecule has 230 valence electrons. The number of rotatable bonds is 10. The number of halogens is 2. The van der Waals surface area contributed by atoms with Gasteiger partial charge in [0.15, 0.2) is 0 Å². The molecule has 1 amide bonds. The minimum atomic E-state index is -0.322. The number of aromatic nitrogens is 4. The lowest BCUT2D eigenvalue weighted by Crippen LogP contribution is -2.23. The van der Waals surface area contributed by atoms with E-state index in [9.17, 15) is 4.79 Å². The fourth-order valence-electron chi connectivity index (χ4n) is 5.67. The number of aromatic amines is 1. The van der Waals surface area contributed by atoms with Crippen molar-refractivity contribution in [2.75, 3.05) is 5.32 Å². The fourth-order valence-corrected chi connectivity index (χ4v) is 5.97. The highest BCUT2D eigenvalue weighted by Crippen LogP contribution is 2.41. The molecule has 3 aromatic carbocycles. The van der Waals surface area contributed by atoms with E-state index < -0.39 is 0 Å². The molecule has 0 saturated heterocycles. The van der Waals surface area contributed by atoms with Gasteiger partial charge < -0.3 is 15.2 Å². The van der Waals surface area contributed by atoms with Crippen molar-refractivity contribution in [3.8, 4) is 0 Å². The van der Waals surface area contributed by atoms with Crippen LogP contribution in [0.3, 0.4) is 0 Å². The number of anilines is 1. The SMILES string of the molecule is C=CN(/C(=C(\C)c1ccccc1)c1c(C(=O)Nc2ccnn2Cc2cccnc2)[nH]c2cc(Cl)ccc12)C(C)c1ccc(Cl)cc1. The monoisotopic (exact) mass is 646 g/mol. The maximum Gasteiger partial charge on any atom is 0.273 e. The van der Waals surface area contributed by atoms with E-state index in [2.05, 4.69) is 57.8 Å². The van der Waals surface area contributed by atoms with E-state index in [0.717, 1.165) is 44.4 Å². The van der Waals surface area contributed by atoms with Crippen molar-refractivity contribution >= 4 is 57.1 Å². The van der Waals surface area contributed by atoms with Crippen LogP contribution >= 0.6 is 23.2 Å². The van der Waals surface area contributed by atoms with Crippen LogP contribution in [0.15, 0.2) is 122 Å². The third-order valence-corrected chi connectivity index (χ3v) is 8.51. The number of carbonyl (C=O) groups excluding carboxylic acids is 1. The lowest BCUT2D eigenvalue weighted by molar-refractivity contribution is 0.102. The maximum atomic E-state index is 14.3. The van der Waals surface area contributed by atoms with Crippen LogP contribution in [0, 0.1) is 0 Å². The highest BCUT2D eigenvalue weighted by molar-refractivity contribution is 6.31. The number of hydrogen-bond donors (Lipinski definition) is 2. The molecule has 0 saturated carbocycles. The highest BCUT2D eigenvalue weighted by atomic mass is 35.5. The third-order valence-electron chi connectivity index (χ3n) is 8.02. The van der Waals surface area contributed by atoms with Gasteiger partial charge in [-0.25, -0.2) is 4.68 Å². The lowest BCUT2D eigenvalue weighted by atomic mass is 9.95. The number of pyridine rings is 1. The summed E-state index contributed by atoms with van der Waals surface area (Å²) in [5.74, 6) is 0.230. The first-order chi connectivity index (χ1) is 22.3. The van der Waals surface area contributed by atoms with Crippen LogP contribution < -0.4 is 5.32 Å². The Kier molecular flexibility index (Phi) is 9.06. The summed E-state index contributed by atoms with van der Waals surface area (Å²) < 4.78 is 1.73. The Bertz CT molecular complexity index is 2030. The van der Waals surface area contributed by atoms with E-state index in [1.165, 1.54) is 0 Å². The number of amides is 1. The van der Waals surface area contributed by atoms with Crippen molar-refractivity contribution in [1.29, 1.82) is 0 Å². The van der Waals surface area contributed by atoms with Gasteiger partial charge in [0, 0.05) is 45.0 Å². The average Bonchev–Trinajstić information content (AvgIpc) is 3.67. The molecular formula is C37H32Cl2N6O. The number of nitrogens with one attached hydrogen (secondary N) is 2. The maximum absolute atomic E-state index is 14.3. The van der Waals surface area contributed by atoms with Crippen LogP contribution in [0.25, 0.3) is 22.2 Å². The number of allylic oxidation sites excluding steroid dienone is 1. The number of benzene rings is 3. The molecule has 7 nitrogen and oxygen atoms in total. The molecule has 0 bridgehead atoms. The zero-order valence-electron chi connectivity index (χ0n) is 25.4. The van der Waals surface area contributed by atoms with Gasteiger partial charge >= 0.3 is 0 Å². The summed E-state index contributed by atoms with van der Waals surface area (Å²) in [7, 11) is 0. The second-order valence-corrected chi connectivity index (χ2v) is 11.8. The van der Waals surface area contributed by atoms with Crippen molar-refractivity contribution in [2.45, 2.75) is 26.4 Å². The van der Waals surface area contributed by atoms with Crippen LogP contribution in [0.5, 0.6) is 0 Å². The predicted octanol–water partition coefficient (Wildman–Crippen LogP) is 9.46. The second kappa shape index (κ2) is 13.5. The van der Waals surface area contributed by atoms with Crippen molar-refractivity contribution < 1.29 is 4.79 Å². The molecule has 0 radical (unpaired) electrons. The summed E-state index contributed by atoms with van der Waals surface area (Å²) in [5.41, 5.74) is 6.64. The van der Waals surface area contributed by atoms with Gasteiger partial charge in [0.2, 0.25) is 0 Å².